The second-order valence-electron chi connectivity index (χ2n) is 5.93. The molecular formula is C19H22ClNO4. The van der Waals surface area contributed by atoms with Gasteiger partial charge in [-0.2, -0.15) is 0 Å². The van der Waals surface area contributed by atoms with Gasteiger partial charge < -0.3 is 19.5 Å². The van der Waals surface area contributed by atoms with Crippen LogP contribution < -0.4 is 19.5 Å². The van der Waals surface area contributed by atoms with Crippen LogP contribution in [0.4, 0.5) is 0 Å². The van der Waals surface area contributed by atoms with Crippen molar-refractivity contribution in [3.05, 3.63) is 53.1 Å². The standard InChI is InChI=1S/C19H22ClNO4/c1-19(2,25-15-7-5-14(20)6-8-15)18(22)21-12-13-11-16(23-3)9-10-17(13)24-4/h5-11H,12H2,1-4H3,(H,21,22). The van der Waals surface area contributed by atoms with Crippen LogP contribution >= 0.6 is 11.6 Å². The van der Waals surface area contributed by atoms with E-state index in [-0.39, 0.29) is 5.91 Å². The van der Waals surface area contributed by atoms with Crippen LogP contribution in [-0.2, 0) is 11.3 Å². The first-order valence-corrected chi connectivity index (χ1v) is 8.17. The molecular weight excluding hydrogens is 342 g/mol. The molecule has 5 nitrogen and oxygen atoms in total. The van der Waals surface area contributed by atoms with Crippen LogP contribution in [0.5, 0.6) is 17.2 Å². The Morgan fingerprint density at radius 1 is 1.04 bits per heavy atom. The Morgan fingerprint density at radius 3 is 2.28 bits per heavy atom. The van der Waals surface area contributed by atoms with E-state index in [4.69, 9.17) is 25.8 Å². The van der Waals surface area contributed by atoms with E-state index in [2.05, 4.69) is 5.32 Å². The van der Waals surface area contributed by atoms with E-state index in [9.17, 15) is 4.79 Å². The molecule has 0 aliphatic rings. The third kappa shape index (κ3) is 5.03. The minimum Gasteiger partial charge on any atom is -0.497 e. The van der Waals surface area contributed by atoms with E-state index in [0.29, 0.717) is 28.8 Å². The summed E-state index contributed by atoms with van der Waals surface area (Å²) < 4.78 is 16.3. The number of hydrogen-bond donors (Lipinski definition) is 1. The van der Waals surface area contributed by atoms with Gasteiger partial charge in [0.05, 0.1) is 14.2 Å². The molecule has 0 heterocycles. The van der Waals surface area contributed by atoms with Crippen LogP contribution in [0.25, 0.3) is 0 Å². The molecule has 0 radical (unpaired) electrons. The Kier molecular flexibility index (Phi) is 6.15. The fraction of sp³-hybridized carbons (Fsp3) is 0.316. The molecule has 2 aromatic rings. The van der Waals surface area contributed by atoms with Gasteiger partial charge >= 0.3 is 0 Å². The van der Waals surface area contributed by atoms with Crippen LogP contribution in [0, 0.1) is 0 Å². The van der Waals surface area contributed by atoms with E-state index in [1.165, 1.54) is 0 Å². The summed E-state index contributed by atoms with van der Waals surface area (Å²) in [5.41, 5.74) is -0.225. The molecule has 0 aliphatic carbocycles. The summed E-state index contributed by atoms with van der Waals surface area (Å²) >= 11 is 5.86. The van der Waals surface area contributed by atoms with Crippen molar-refractivity contribution in [2.24, 2.45) is 0 Å². The number of halogens is 1. The average Bonchev–Trinajstić information content (AvgIpc) is 2.61. The highest BCUT2D eigenvalue weighted by Gasteiger charge is 2.29. The van der Waals surface area contributed by atoms with Crippen molar-refractivity contribution in [2.45, 2.75) is 26.0 Å². The monoisotopic (exact) mass is 363 g/mol. The van der Waals surface area contributed by atoms with Gasteiger partial charge in [-0.15, -0.1) is 0 Å². The molecule has 0 aromatic heterocycles. The Bertz CT molecular complexity index is 729. The molecule has 0 spiro atoms. The summed E-state index contributed by atoms with van der Waals surface area (Å²) in [6, 6.07) is 12.3. The maximum atomic E-state index is 12.5. The first-order chi connectivity index (χ1) is 11.9. The van der Waals surface area contributed by atoms with Crippen LogP contribution in [0.15, 0.2) is 42.5 Å². The average molecular weight is 364 g/mol. The highest BCUT2D eigenvalue weighted by molar-refractivity contribution is 6.30. The van der Waals surface area contributed by atoms with Crippen molar-refractivity contribution in [3.8, 4) is 17.2 Å². The molecule has 2 aromatic carbocycles. The number of nitrogens with one attached hydrogen (secondary N) is 1. The Labute approximate surface area is 152 Å². The van der Waals surface area contributed by atoms with E-state index in [1.54, 1.807) is 64.5 Å². The number of carbonyl (C=O) groups excluding carboxylic acids is 1. The molecule has 1 amide bonds. The lowest BCUT2D eigenvalue weighted by atomic mass is 10.1. The molecule has 0 aliphatic heterocycles. The number of amides is 1. The van der Waals surface area contributed by atoms with Crippen molar-refractivity contribution in [2.75, 3.05) is 14.2 Å². The van der Waals surface area contributed by atoms with Crippen LogP contribution in [-0.4, -0.2) is 25.7 Å². The molecule has 0 atom stereocenters. The Balaban J connectivity index is 2.04. The van der Waals surface area contributed by atoms with Gasteiger partial charge in [-0.1, -0.05) is 11.6 Å². The summed E-state index contributed by atoms with van der Waals surface area (Å²) in [5, 5.41) is 3.48. The summed E-state index contributed by atoms with van der Waals surface area (Å²) in [5.74, 6) is 1.70. The topological polar surface area (TPSA) is 56.8 Å². The Hall–Kier alpha value is -2.40. The predicted molar refractivity (Wildman–Crippen MR) is 97.6 cm³/mol. The van der Waals surface area contributed by atoms with Gasteiger partial charge in [0.15, 0.2) is 5.60 Å². The predicted octanol–water partition coefficient (Wildman–Crippen LogP) is 3.83. The molecule has 0 bridgehead atoms. The third-order valence-corrected chi connectivity index (χ3v) is 3.91. The fourth-order valence-corrected chi connectivity index (χ4v) is 2.38. The SMILES string of the molecule is COc1ccc(OC)c(CNC(=O)C(C)(C)Oc2ccc(Cl)cc2)c1. The normalized spacial score (nSPS) is 10.9. The second-order valence-corrected chi connectivity index (χ2v) is 6.36. The van der Waals surface area contributed by atoms with Crippen LogP contribution in [0.2, 0.25) is 5.02 Å². The van der Waals surface area contributed by atoms with Crippen molar-refractivity contribution < 1.29 is 19.0 Å². The van der Waals surface area contributed by atoms with Crippen LogP contribution in [0.3, 0.4) is 0 Å². The van der Waals surface area contributed by atoms with E-state index in [1.807, 2.05) is 6.07 Å². The number of carbonyl (C=O) groups is 1. The molecule has 6 heteroatoms. The number of hydrogen-bond acceptors (Lipinski definition) is 4. The zero-order valence-electron chi connectivity index (χ0n) is 14.8. The van der Waals surface area contributed by atoms with Crippen molar-refractivity contribution >= 4 is 17.5 Å². The third-order valence-electron chi connectivity index (χ3n) is 3.66. The highest BCUT2D eigenvalue weighted by atomic mass is 35.5. The first kappa shape index (κ1) is 18.9. The second kappa shape index (κ2) is 8.12. The lowest BCUT2D eigenvalue weighted by Gasteiger charge is -2.25. The molecule has 2 rings (SSSR count). The molecule has 0 saturated heterocycles. The summed E-state index contributed by atoms with van der Waals surface area (Å²) in [7, 11) is 3.17. The van der Waals surface area contributed by atoms with Gasteiger partial charge in [-0.3, -0.25) is 4.79 Å². The van der Waals surface area contributed by atoms with Crippen LogP contribution in [0.1, 0.15) is 19.4 Å². The number of rotatable bonds is 7. The highest BCUT2D eigenvalue weighted by Crippen LogP contribution is 2.25. The fourth-order valence-electron chi connectivity index (χ4n) is 2.25. The lowest BCUT2D eigenvalue weighted by Crippen LogP contribution is -2.46. The molecule has 25 heavy (non-hydrogen) atoms. The van der Waals surface area contributed by atoms with Crippen molar-refractivity contribution in [1.82, 2.24) is 5.32 Å². The molecule has 0 unspecified atom stereocenters. The number of methoxy groups -OCH3 is 2. The van der Waals surface area contributed by atoms with E-state index >= 15 is 0 Å². The maximum Gasteiger partial charge on any atom is 0.263 e. The Morgan fingerprint density at radius 2 is 1.68 bits per heavy atom. The van der Waals surface area contributed by atoms with E-state index in [0.717, 1.165) is 5.56 Å². The summed E-state index contributed by atoms with van der Waals surface area (Å²) in [6.07, 6.45) is 0. The quantitative estimate of drug-likeness (QED) is 0.812. The van der Waals surface area contributed by atoms with Gasteiger partial charge in [0.1, 0.15) is 17.2 Å². The molecule has 1 N–H and O–H groups in total. The van der Waals surface area contributed by atoms with Gasteiger partial charge in [0, 0.05) is 17.1 Å². The zero-order valence-corrected chi connectivity index (χ0v) is 15.5. The van der Waals surface area contributed by atoms with Gasteiger partial charge in [-0.25, -0.2) is 0 Å². The molecule has 0 fully saturated rings. The van der Waals surface area contributed by atoms with Gasteiger partial charge in [0.25, 0.3) is 5.91 Å². The summed E-state index contributed by atoms with van der Waals surface area (Å²) in [4.78, 5) is 12.5. The van der Waals surface area contributed by atoms with Gasteiger partial charge in [-0.05, 0) is 56.3 Å². The zero-order chi connectivity index (χ0) is 18.4. The van der Waals surface area contributed by atoms with E-state index < -0.39 is 5.60 Å². The van der Waals surface area contributed by atoms with Crippen molar-refractivity contribution in [3.63, 3.8) is 0 Å². The largest absolute Gasteiger partial charge is 0.497 e. The molecule has 134 valence electrons. The summed E-state index contributed by atoms with van der Waals surface area (Å²) in [6.45, 7) is 3.71. The smallest absolute Gasteiger partial charge is 0.263 e. The first-order valence-electron chi connectivity index (χ1n) is 7.79. The van der Waals surface area contributed by atoms with Gasteiger partial charge in [0.2, 0.25) is 0 Å². The number of benzene rings is 2. The maximum absolute atomic E-state index is 12.5. The van der Waals surface area contributed by atoms with Crippen molar-refractivity contribution in [1.29, 1.82) is 0 Å². The number of ether oxygens (including phenoxy) is 3. The minimum atomic E-state index is -1.04. The molecule has 0 saturated carbocycles. The lowest BCUT2D eigenvalue weighted by molar-refractivity contribution is -0.134. The minimum absolute atomic E-state index is 0.243.